The third-order valence-corrected chi connectivity index (χ3v) is 8.13. The molecule has 1 atom stereocenters. The number of hydrogen-bond donors (Lipinski definition) is 1. The number of carbonyl (C=O) groups excluding carboxylic acids is 1. The number of anilines is 2. The van der Waals surface area contributed by atoms with Crippen LogP contribution in [0.2, 0.25) is 0 Å². The molecule has 2 aromatic heterocycles. The predicted octanol–water partition coefficient (Wildman–Crippen LogP) is 5.37. The highest BCUT2D eigenvalue weighted by Crippen LogP contribution is 2.37. The monoisotopic (exact) mass is 599 g/mol. The van der Waals surface area contributed by atoms with Crippen molar-refractivity contribution in [3.63, 3.8) is 0 Å². The molecule has 0 spiro atoms. The van der Waals surface area contributed by atoms with Crippen molar-refractivity contribution in [3.05, 3.63) is 88.7 Å². The fraction of sp³-hybridized carbons (Fsp3) is 0.367. The van der Waals surface area contributed by atoms with Crippen LogP contribution < -0.4 is 10.2 Å². The molecule has 0 radical (unpaired) electrons. The predicted molar refractivity (Wildman–Crippen MR) is 151 cm³/mol. The van der Waals surface area contributed by atoms with Gasteiger partial charge in [0, 0.05) is 56.6 Å². The van der Waals surface area contributed by atoms with E-state index in [9.17, 15) is 26.7 Å². The minimum Gasteiger partial charge on any atom is -0.349 e. The summed E-state index contributed by atoms with van der Waals surface area (Å²) >= 11 is 0. The molecule has 1 amide bonds. The maximum absolute atomic E-state index is 14.6. The fourth-order valence-corrected chi connectivity index (χ4v) is 5.80. The molecule has 43 heavy (non-hydrogen) atoms. The molecular weight excluding hydrogens is 569 g/mol. The van der Waals surface area contributed by atoms with Crippen molar-refractivity contribution in [2.75, 3.05) is 50.0 Å². The lowest BCUT2D eigenvalue weighted by Gasteiger charge is -2.33. The molecule has 0 unspecified atom stereocenters. The second kappa shape index (κ2) is 11.5. The van der Waals surface area contributed by atoms with Crippen molar-refractivity contribution < 1.29 is 26.7 Å². The molecule has 2 fully saturated rings. The number of aromatic nitrogens is 3. The first-order valence-corrected chi connectivity index (χ1v) is 14.0. The largest absolute Gasteiger partial charge is 0.416 e. The van der Waals surface area contributed by atoms with Gasteiger partial charge >= 0.3 is 6.18 Å². The van der Waals surface area contributed by atoms with Gasteiger partial charge in [0.2, 0.25) is 0 Å². The number of amides is 1. The Balaban J connectivity index is 1.24. The smallest absolute Gasteiger partial charge is 0.349 e. The molecule has 1 N–H and O–H groups in total. The molecule has 2 saturated heterocycles. The Bertz CT molecular complexity index is 1650. The van der Waals surface area contributed by atoms with Crippen LogP contribution in [0.1, 0.15) is 45.9 Å². The first-order chi connectivity index (χ1) is 20.6. The molecule has 226 valence electrons. The first-order valence-electron chi connectivity index (χ1n) is 14.0. The number of halogens is 5. The van der Waals surface area contributed by atoms with Crippen molar-refractivity contribution in [1.29, 1.82) is 0 Å². The van der Waals surface area contributed by atoms with Gasteiger partial charge in [-0.2, -0.15) is 18.3 Å². The van der Waals surface area contributed by atoms with Crippen LogP contribution in [0, 0.1) is 11.6 Å². The Labute approximate surface area is 244 Å². The molecule has 0 aliphatic carbocycles. The molecule has 0 bridgehead atoms. The number of fused-ring (bicyclic) bond motifs is 1. The van der Waals surface area contributed by atoms with E-state index in [1.165, 1.54) is 28.9 Å². The molecule has 4 aromatic rings. The molecular formula is C30H30F5N7O. The zero-order chi connectivity index (χ0) is 30.3. The molecule has 8 nitrogen and oxygen atoms in total. The summed E-state index contributed by atoms with van der Waals surface area (Å²) in [5.41, 5.74) is -0.174. The summed E-state index contributed by atoms with van der Waals surface area (Å²) in [4.78, 5) is 23.8. The van der Waals surface area contributed by atoms with Gasteiger partial charge in [0.25, 0.3) is 5.91 Å². The minimum atomic E-state index is -4.63. The van der Waals surface area contributed by atoms with Gasteiger partial charge in [0.1, 0.15) is 23.1 Å². The summed E-state index contributed by atoms with van der Waals surface area (Å²) in [5, 5.41) is 6.85. The average molecular weight is 600 g/mol. The lowest BCUT2D eigenvalue weighted by molar-refractivity contribution is -0.138. The lowest BCUT2D eigenvalue weighted by atomic mass is 10.0. The van der Waals surface area contributed by atoms with Gasteiger partial charge in [-0.1, -0.05) is 6.07 Å². The third kappa shape index (κ3) is 6.04. The van der Waals surface area contributed by atoms with E-state index < -0.39 is 35.3 Å². The summed E-state index contributed by atoms with van der Waals surface area (Å²) in [6.45, 7) is 3.57. The summed E-state index contributed by atoms with van der Waals surface area (Å²) in [5.74, 6) is -1.31. The normalized spacial score (nSPS) is 18.5. The van der Waals surface area contributed by atoms with E-state index in [1.807, 2.05) is 16.8 Å². The van der Waals surface area contributed by atoms with E-state index in [0.717, 1.165) is 37.7 Å². The van der Waals surface area contributed by atoms with Gasteiger partial charge in [-0.25, -0.2) is 18.3 Å². The minimum absolute atomic E-state index is 0.116. The second-order valence-corrected chi connectivity index (χ2v) is 11.0. The van der Waals surface area contributed by atoms with Crippen LogP contribution in [0.4, 0.5) is 33.5 Å². The number of nitrogens with zero attached hydrogens (tertiary/aromatic N) is 6. The van der Waals surface area contributed by atoms with Gasteiger partial charge in [-0.05, 0) is 61.9 Å². The van der Waals surface area contributed by atoms with E-state index in [4.69, 9.17) is 0 Å². The summed E-state index contributed by atoms with van der Waals surface area (Å²) in [7, 11) is 1.98. The van der Waals surface area contributed by atoms with Crippen LogP contribution in [0.25, 0.3) is 5.65 Å². The Morgan fingerprint density at radius 2 is 1.81 bits per heavy atom. The number of carbonyl (C=O) groups is 1. The average Bonchev–Trinajstić information content (AvgIpc) is 3.62. The maximum Gasteiger partial charge on any atom is 0.416 e. The topological polar surface area (TPSA) is 69.0 Å². The number of rotatable bonds is 6. The number of benzene rings is 2. The van der Waals surface area contributed by atoms with Crippen LogP contribution in [-0.4, -0.2) is 70.1 Å². The first kappa shape index (κ1) is 29.0. The Morgan fingerprint density at radius 3 is 2.58 bits per heavy atom. The Kier molecular flexibility index (Phi) is 7.77. The second-order valence-electron chi connectivity index (χ2n) is 11.0. The number of nitrogens with one attached hydrogen (secondary N) is 1. The van der Waals surface area contributed by atoms with E-state index >= 15 is 0 Å². The number of likely N-dealkylation sites (N-methyl/N-ethyl adjacent to an activating group) is 1. The van der Waals surface area contributed by atoms with Gasteiger partial charge < -0.3 is 15.1 Å². The number of piperazine rings is 1. The highest BCUT2D eigenvalue weighted by molar-refractivity contribution is 6.06. The lowest BCUT2D eigenvalue weighted by Crippen LogP contribution is -2.44. The summed E-state index contributed by atoms with van der Waals surface area (Å²) in [6.07, 6.45) is -0.304. The van der Waals surface area contributed by atoms with E-state index in [1.54, 1.807) is 12.3 Å². The SMILES string of the molecule is CN1CCN(Cc2ccc(C(=O)Nc3cnn4ccc(N5CCC[C@@H]5c5cc(F)ccc5F)nc34)cc2C(F)(F)F)CC1. The maximum atomic E-state index is 14.6. The molecule has 2 aromatic carbocycles. The van der Waals surface area contributed by atoms with E-state index in [2.05, 4.69) is 20.3 Å². The number of alkyl halides is 3. The van der Waals surface area contributed by atoms with E-state index in [0.29, 0.717) is 31.9 Å². The van der Waals surface area contributed by atoms with Crippen LogP contribution >= 0.6 is 0 Å². The molecule has 2 aliphatic heterocycles. The van der Waals surface area contributed by atoms with Crippen molar-refractivity contribution in [1.82, 2.24) is 24.4 Å². The van der Waals surface area contributed by atoms with Crippen LogP contribution in [0.15, 0.2) is 54.9 Å². The molecule has 6 rings (SSSR count). The van der Waals surface area contributed by atoms with Crippen LogP contribution in [-0.2, 0) is 12.7 Å². The highest BCUT2D eigenvalue weighted by Gasteiger charge is 2.35. The molecule has 2 aliphatic rings. The van der Waals surface area contributed by atoms with Crippen LogP contribution in [0.3, 0.4) is 0 Å². The summed E-state index contributed by atoms with van der Waals surface area (Å²) in [6, 6.07) is 8.26. The number of hydrogen-bond acceptors (Lipinski definition) is 6. The molecule has 13 heteroatoms. The Morgan fingerprint density at radius 1 is 1.02 bits per heavy atom. The summed E-state index contributed by atoms with van der Waals surface area (Å²) < 4.78 is 72.1. The highest BCUT2D eigenvalue weighted by atomic mass is 19.4. The molecule has 0 saturated carbocycles. The molecule has 4 heterocycles. The van der Waals surface area contributed by atoms with Gasteiger partial charge in [-0.3, -0.25) is 9.69 Å². The standard InChI is InChI=1S/C30H30F5N7O/c1-39-11-13-40(14-12-39)18-20-5-4-19(15-23(20)30(33,34)35)29(43)37-25-17-36-42-10-8-27(38-28(25)42)41-9-2-3-26(41)22-16-21(31)6-7-24(22)32/h4-8,10,15-17,26H,2-3,9,11-14,18H2,1H3,(H,37,43)/t26-/m1/s1. The fourth-order valence-electron chi connectivity index (χ4n) is 5.80. The van der Waals surface area contributed by atoms with Gasteiger partial charge in [0.05, 0.1) is 17.8 Å². The van der Waals surface area contributed by atoms with E-state index in [-0.39, 0.29) is 34.6 Å². The van der Waals surface area contributed by atoms with Gasteiger partial charge in [0.15, 0.2) is 5.65 Å². The van der Waals surface area contributed by atoms with Crippen molar-refractivity contribution in [2.24, 2.45) is 0 Å². The zero-order valence-electron chi connectivity index (χ0n) is 23.4. The Hall–Kier alpha value is -4.10. The zero-order valence-corrected chi connectivity index (χ0v) is 23.4. The van der Waals surface area contributed by atoms with Crippen LogP contribution in [0.5, 0.6) is 0 Å². The van der Waals surface area contributed by atoms with Crippen molar-refractivity contribution >= 4 is 23.1 Å². The van der Waals surface area contributed by atoms with Crippen molar-refractivity contribution in [3.8, 4) is 0 Å². The van der Waals surface area contributed by atoms with Crippen molar-refractivity contribution in [2.45, 2.75) is 31.6 Å². The quantitative estimate of drug-likeness (QED) is 0.301. The third-order valence-electron chi connectivity index (χ3n) is 8.13. The van der Waals surface area contributed by atoms with Gasteiger partial charge in [-0.15, -0.1) is 0 Å².